The van der Waals surface area contributed by atoms with Gasteiger partial charge < -0.3 is 5.32 Å². The van der Waals surface area contributed by atoms with Crippen LogP contribution in [0.15, 0.2) is 24.3 Å². The van der Waals surface area contributed by atoms with Crippen LogP contribution in [0.1, 0.15) is 44.5 Å². The quantitative estimate of drug-likeness (QED) is 0.773. The Morgan fingerprint density at radius 3 is 2.74 bits per heavy atom. The molecule has 104 valence electrons. The van der Waals surface area contributed by atoms with Crippen molar-refractivity contribution in [2.75, 3.05) is 6.54 Å². The van der Waals surface area contributed by atoms with Gasteiger partial charge >= 0.3 is 0 Å². The summed E-state index contributed by atoms with van der Waals surface area (Å²) < 4.78 is 14.3. The van der Waals surface area contributed by atoms with Gasteiger partial charge in [0.1, 0.15) is 5.82 Å². The smallest absolute Gasteiger partial charge is 0.124 e. The minimum absolute atomic E-state index is 0.150. The predicted octanol–water partition coefficient (Wildman–Crippen LogP) is 5.13. The highest BCUT2D eigenvalue weighted by Crippen LogP contribution is 2.34. The Morgan fingerprint density at radius 1 is 1.26 bits per heavy atom. The molecule has 1 heterocycles. The molecule has 0 bridgehead atoms. The van der Waals surface area contributed by atoms with Crippen LogP contribution in [0.4, 0.5) is 4.39 Å². The molecule has 3 heteroatoms. The lowest BCUT2D eigenvalue weighted by Crippen LogP contribution is -2.26. The molecule has 0 amide bonds. The van der Waals surface area contributed by atoms with Crippen molar-refractivity contribution in [3.05, 3.63) is 35.0 Å². The highest BCUT2D eigenvalue weighted by Gasteiger charge is 2.19. The Hall–Kier alpha value is -0.930. The van der Waals surface area contributed by atoms with Gasteiger partial charge in [-0.1, -0.05) is 33.3 Å². The van der Waals surface area contributed by atoms with Crippen molar-refractivity contribution in [3.8, 4) is 0 Å². The van der Waals surface area contributed by atoms with Crippen LogP contribution < -0.4 is 5.32 Å². The van der Waals surface area contributed by atoms with E-state index in [4.69, 9.17) is 0 Å². The van der Waals surface area contributed by atoms with E-state index in [1.165, 1.54) is 10.9 Å². The number of rotatable bonds is 6. The van der Waals surface area contributed by atoms with Gasteiger partial charge in [0.25, 0.3) is 0 Å². The second-order valence-corrected chi connectivity index (χ2v) is 6.26. The number of fused-ring (bicyclic) bond motifs is 1. The third kappa shape index (κ3) is 3.34. The molecule has 0 radical (unpaired) electrons. The van der Waals surface area contributed by atoms with Crippen molar-refractivity contribution in [2.24, 2.45) is 5.92 Å². The van der Waals surface area contributed by atoms with Gasteiger partial charge in [-0.2, -0.15) is 0 Å². The lowest BCUT2D eigenvalue weighted by atomic mass is 9.97. The van der Waals surface area contributed by atoms with E-state index in [1.807, 2.05) is 6.07 Å². The van der Waals surface area contributed by atoms with Crippen molar-refractivity contribution in [3.63, 3.8) is 0 Å². The van der Waals surface area contributed by atoms with E-state index >= 15 is 0 Å². The van der Waals surface area contributed by atoms with Crippen LogP contribution in [0.3, 0.4) is 0 Å². The summed E-state index contributed by atoms with van der Waals surface area (Å²) in [4.78, 5) is 1.32. The summed E-state index contributed by atoms with van der Waals surface area (Å²) in [6, 6.07) is 7.63. The monoisotopic (exact) mass is 279 g/mol. The fourth-order valence-corrected chi connectivity index (χ4v) is 3.60. The first-order valence-corrected chi connectivity index (χ1v) is 7.89. The summed E-state index contributed by atoms with van der Waals surface area (Å²) >= 11 is 1.71. The van der Waals surface area contributed by atoms with Gasteiger partial charge in [-0.05, 0) is 42.5 Å². The first kappa shape index (κ1) is 14.5. The molecule has 2 atom stereocenters. The molecule has 1 nitrogen and oxygen atoms in total. The molecule has 2 unspecified atom stereocenters. The van der Waals surface area contributed by atoms with E-state index in [0.29, 0.717) is 12.0 Å². The minimum Gasteiger partial charge on any atom is -0.309 e. The van der Waals surface area contributed by atoms with Gasteiger partial charge in [0.2, 0.25) is 0 Å². The molecular formula is C16H22FNS. The standard InChI is InChI=1S/C16H22FNS/c1-4-8-18-16(11(3)5-2)15-9-12-6-7-13(17)10-14(12)19-15/h6-7,9-11,16,18H,4-5,8H2,1-3H3. The average Bonchev–Trinajstić information content (AvgIpc) is 2.81. The normalized spacial score (nSPS) is 14.7. The number of thiophene rings is 1. The van der Waals surface area contributed by atoms with Crippen LogP contribution in [0, 0.1) is 11.7 Å². The number of hydrogen-bond acceptors (Lipinski definition) is 2. The zero-order valence-electron chi connectivity index (χ0n) is 11.9. The van der Waals surface area contributed by atoms with Crippen LogP contribution in [-0.4, -0.2) is 6.54 Å². The van der Waals surface area contributed by atoms with Gasteiger partial charge in [-0.25, -0.2) is 4.39 Å². The molecule has 2 aromatic rings. The van der Waals surface area contributed by atoms with E-state index in [9.17, 15) is 4.39 Å². The maximum absolute atomic E-state index is 13.3. The fourth-order valence-electron chi connectivity index (χ4n) is 2.30. The molecule has 0 fully saturated rings. The SMILES string of the molecule is CCCNC(c1cc2ccc(F)cc2s1)C(C)CC. The molecule has 1 N–H and O–H groups in total. The van der Waals surface area contributed by atoms with Crippen LogP contribution in [0.25, 0.3) is 10.1 Å². The third-order valence-electron chi connectivity index (χ3n) is 3.63. The molecule has 1 aromatic carbocycles. The fraction of sp³-hybridized carbons (Fsp3) is 0.500. The van der Waals surface area contributed by atoms with Crippen LogP contribution in [0.2, 0.25) is 0 Å². The second-order valence-electron chi connectivity index (χ2n) is 5.15. The summed E-state index contributed by atoms with van der Waals surface area (Å²) in [6.07, 6.45) is 2.27. The molecule has 0 saturated carbocycles. The van der Waals surface area contributed by atoms with E-state index in [-0.39, 0.29) is 5.82 Å². The van der Waals surface area contributed by atoms with Crippen molar-refractivity contribution in [2.45, 2.75) is 39.7 Å². The molecule has 0 aliphatic carbocycles. The molecule has 1 aromatic heterocycles. The Bertz CT molecular complexity index is 535. The predicted molar refractivity (Wildman–Crippen MR) is 82.3 cm³/mol. The van der Waals surface area contributed by atoms with Crippen LogP contribution in [-0.2, 0) is 0 Å². The maximum atomic E-state index is 13.3. The highest BCUT2D eigenvalue weighted by molar-refractivity contribution is 7.19. The summed E-state index contributed by atoms with van der Waals surface area (Å²) in [6.45, 7) is 7.70. The minimum atomic E-state index is -0.150. The lowest BCUT2D eigenvalue weighted by Gasteiger charge is -2.23. The Morgan fingerprint density at radius 2 is 2.05 bits per heavy atom. The Kier molecular flexibility index (Phi) is 4.94. The van der Waals surface area contributed by atoms with Gasteiger partial charge in [0.15, 0.2) is 0 Å². The highest BCUT2D eigenvalue weighted by atomic mass is 32.1. The van der Waals surface area contributed by atoms with E-state index in [2.05, 4.69) is 32.2 Å². The molecule has 2 rings (SSSR count). The van der Waals surface area contributed by atoms with E-state index in [1.54, 1.807) is 17.4 Å². The molecule has 19 heavy (non-hydrogen) atoms. The van der Waals surface area contributed by atoms with Gasteiger partial charge in [-0.15, -0.1) is 11.3 Å². The topological polar surface area (TPSA) is 12.0 Å². The zero-order chi connectivity index (χ0) is 13.8. The van der Waals surface area contributed by atoms with Crippen molar-refractivity contribution < 1.29 is 4.39 Å². The Labute approximate surface area is 118 Å². The van der Waals surface area contributed by atoms with Gasteiger partial charge in [0, 0.05) is 15.6 Å². The lowest BCUT2D eigenvalue weighted by molar-refractivity contribution is 0.382. The largest absolute Gasteiger partial charge is 0.309 e. The first-order chi connectivity index (χ1) is 9.15. The number of benzene rings is 1. The Balaban J connectivity index is 2.32. The van der Waals surface area contributed by atoms with Crippen LogP contribution in [0.5, 0.6) is 0 Å². The maximum Gasteiger partial charge on any atom is 0.124 e. The van der Waals surface area contributed by atoms with Gasteiger partial charge in [0.05, 0.1) is 0 Å². The molecule has 0 spiro atoms. The second kappa shape index (κ2) is 6.49. The molecule has 0 aliphatic rings. The summed E-state index contributed by atoms with van der Waals surface area (Å²) in [5, 5.41) is 4.77. The third-order valence-corrected chi connectivity index (χ3v) is 4.82. The summed E-state index contributed by atoms with van der Waals surface area (Å²) in [5.74, 6) is 0.437. The van der Waals surface area contributed by atoms with Crippen molar-refractivity contribution >= 4 is 21.4 Å². The number of hydrogen-bond donors (Lipinski definition) is 1. The van der Waals surface area contributed by atoms with Crippen molar-refractivity contribution in [1.29, 1.82) is 0 Å². The average molecular weight is 279 g/mol. The summed E-state index contributed by atoms with van der Waals surface area (Å²) in [7, 11) is 0. The first-order valence-electron chi connectivity index (χ1n) is 7.08. The van der Waals surface area contributed by atoms with E-state index < -0.39 is 0 Å². The number of nitrogens with one attached hydrogen (secondary N) is 1. The van der Waals surface area contributed by atoms with Gasteiger partial charge in [-0.3, -0.25) is 0 Å². The molecular weight excluding hydrogens is 257 g/mol. The molecule has 0 aliphatic heterocycles. The summed E-state index contributed by atoms with van der Waals surface area (Å²) in [5.41, 5.74) is 0. The van der Waals surface area contributed by atoms with Crippen LogP contribution >= 0.6 is 11.3 Å². The van der Waals surface area contributed by atoms with Crippen molar-refractivity contribution in [1.82, 2.24) is 5.32 Å². The number of halogens is 1. The zero-order valence-corrected chi connectivity index (χ0v) is 12.7. The van der Waals surface area contributed by atoms with E-state index in [0.717, 1.165) is 29.5 Å². The molecule has 0 saturated heterocycles.